The molecule has 0 unspecified atom stereocenters. The lowest BCUT2D eigenvalue weighted by Gasteiger charge is -2.20. The molecule has 2 rings (SSSR count). The molecule has 28 heavy (non-hydrogen) atoms. The molecule has 2 aromatic carbocycles. The SMILES string of the molecule is C=C/C=C(C=C)/C(=C(\C(=C\C=C)CCC)c1ccccc1)c1ccc(C)cc1. The summed E-state index contributed by atoms with van der Waals surface area (Å²) in [6, 6.07) is 19.3. The maximum Gasteiger partial charge on any atom is -0.00303 e. The smallest absolute Gasteiger partial charge is 0.00303 e. The van der Waals surface area contributed by atoms with E-state index in [-0.39, 0.29) is 0 Å². The van der Waals surface area contributed by atoms with Gasteiger partial charge >= 0.3 is 0 Å². The van der Waals surface area contributed by atoms with Crippen molar-refractivity contribution in [2.24, 2.45) is 0 Å². The Morgan fingerprint density at radius 3 is 1.93 bits per heavy atom. The largest absolute Gasteiger partial charge is 0.0991 e. The lowest BCUT2D eigenvalue weighted by atomic mass is 9.83. The summed E-state index contributed by atoms with van der Waals surface area (Å²) < 4.78 is 0. The predicted octanol–water partition coefficient (Wildman–Crippen LogP) is 8.12. The van der Waals surface area contributed by atoms with Crippen LogP contribution in [-0.2, 0) is 0 Å². The van der Waals surface area contributed by atoms with E-state index in [0.717, 1.165) is 18.4 Å². The van der Waals surface area contributed by atoms with Crippen LogP contribution in [0.4, 0.5) is 0 Å². The summed E-state index contributed by atoms with van der Waals surface area (Å²) in [7, 11) is 0. The van der Waals surface area contributed by atoms with Crippen molar-refractivity contribution >= 4 is 11.1 Å². The van der Waals surface area contributed by atoms with Crippen molar-refractivity contribution in [3.63, 3.8) is 0 Å². The van der Waals surface area contributed by atoms with Crippen molar-refractivity contribution in [2.45, 2.75) is 26.7 Å². The van der Waals surface area contributed by atoms with Gasteiger partial charge in [0.25, 0.3) is 0 Å². The third kappa shape index (κ3) is 5.20. The van der Waals surface area contributed by atoms with E-state index in [0.29, 0.717) is 0 Å². The number of allylic oxidation sites excluding steroid dienone is 9. The Hall–Kier alpha value is -3.12. The zero-order chi connectivity index (χ0) is 20.4. The molecule has 0 heteroatoms. The molecule has 0 radical (unpaired) electrons. The van der Waals surface area contributed by atoms with E-state index in [4.69, 9.17) is 0 Å². The highest BCUT2D eigenvalue weighted by atomic mass is 14.2. The monoisotopic (exact) mass is 366 g/mol. The number of benzene rings is 2. The summed E-state index contributed by atoms with van der Waals surface area (Å²) in [5.74, 6) is 0. The summed E-state index contributed by atoms with van der Waals surface area (Å²) in [4.78, 5) is 0. The zero-order valence-corrected chi connectivity index (χ0v) is 17.1. The number of hydrogen-bond donors (Lipinski definition) is 0. The Balaban J connectivity index is 2.97. The molecule has 0 atom stereocenters. The standard InChI is InChI=1S/C28H30/c1-6-13-23(9-4)27(26-20-18-22(5)19-21-26)28(24(14-7-2)15-8-3)25-16-11-10-12-17-25/h6-7,9-14,16-21H,1-2,4,8,15H2,3,5H3/b23-13+,24-14+,28-27-. The number of rotatable bonds is 9. The predicted molar refractivity (Wildman–Crippen MR) is 126 cm³/mol. The van der Waals surface area contributed by atoms with Crippen LogP contribution < -0.4 is 0 Å². The Morgan fingerprint density at radius 1 is 0.786 bits per heavy atom. The molecular formula is C28H30. The zero-order valence-electron chi connectivity index (χ0n) is 17.1. The molecule has 0 saturated heterocycles. The molecule has 0 aromatic heterocycles. The summed E-state index contributed by atoms with van der Waals surface area (Å²) in [5.41, 5.74) is 8.33. The second-order valence-electron chi connectivity index (χ2n) is 6.72. The molecule has 0 aliphatic carbocycles. The van der Waals surface area contributed by atoms with Crippen LogP contribution in [0.15, 0.2) is 116 Å². The van der Waals surface area contributed by atoms with Gasteiger partial charge in [0.05, 0.1) is 0 Å². The fraction of sp³-hybridized carbons (Fsp3) is 0.143. The van der Waals surface area contributed by atoms with Gasteiger partial charge in [-0.2, -0.15) is 0 Å². The second kappa shape index (κ2) is 10.9. The van der Waals surface area contributed by atoms with Crippen LogP contribution in [0.5, 0.6) is 0 Å². The van der Waals surface area contributed by atoms with Gasteiger partial charge in [0, 0.05) is 0 Å². The van der Waals surface area contributed by atoms with E-state index < -0.39 is 0 Å². The van der Waals surface area contributed by atoms with Crippen LogP contribution in [0.1, 0.15) is 36.5 Å². The van der Waals surface area contributed by atoms with Crippen molar-refractivity contribution in [2.75, 3.05) is 0 Å². The van der Waals surface area contributed by atoms with E-state index in [9.17, 15) is 0 Å². The van der Waals surface area contributed by atoms with Gasteiger partial charge in [-0.25, -0.2) is 0 Å². The Kier molecular flexibility index (Phi) is 8.24. The normalized spacial score (nSPS) is 12.9. The maximum absolute atomic E-state index is 4.08. The molecule has 142 valence electrons. The van der Waals surface area contributed by atoms with Crippen molar-refractivity contribution in [3.8, 4) is 0 Å². The third-order valence-corrected chi connectivity index (χ3v) is 4.62. The first kappa shape index (κ1) is 21.2. The fourth-order valence-corrected chi connectivity index (χ4v) is 3.35. The van der Waals surface area contributed by atoms with Gasteiger partial charge in [0.15, 0.2) is 0 Å². The van der Waals surface area contributed by atoms with Crippen LogP contribution >= 0.6 is 0 Å². The highest BCUT2D eigenvalue weighted by molar-refractivity contribution is 6.05. The van der Waals surface area contributed by atoms with Crippen LogP contribution in [0.2, 0.25) is 0 Å². The van der Waals surface area contributed by atoms with Crippen LogP contribution in [0, 0.1) is 6.92 Å². The fourth-order valence-electron chi connectivity index (χ4n) is 3.35. The van der Waals surface area contributed by atoms with Gasteiger partial charge < -0.3 is 0 Å². The highest BCUT2D eigenvalue weighted by Crippen LogP contribution is 2.39. The first-order valence-electron chi connectivity index (χ1n) is 9.80. The van der Waals surface area contributed by atoms with Gasteiger partial charge in [-0.05, 0) is 46.8 Å². The first-order chi connectivity index (χ1) is 13.7. The molecule has 0 spiro atoms. The molecule has 0 fully saturated rings. The van der Waals surface area contributed by atoms with Gasteiger partial charge in [-0.15, -0.1) is 0 Å². The first-order valence-corrected chi connectivity index (χ1v) is 9.80. The second-order valence-corrected chi connectivity index (χ2v) is 6.72. The quantitative estimate of drug-likeness (QED) is 0.310. The minimum absolute atomic E-state index is 0.976. The van der Waals surface area contributed by atoms with E-state index in [1.807, 2.05) is 24.3 Å². The molecule has 0 aliphatic heterocycles. The van der Waals surface area contributed by atoms with E-state index in [2.05, 4.69) is 94.3 Å². The summed E-state index contributed by atoms with van der Waals surface area (Å²) in [6.45, 7) is 16.3. The average molecular weight is 367 g/mol. The molecule has 2 aromatic rings. The van der Waals surface area contributed by atoms with Gasteiger partial charge in [-0.3, -0.25) is 0 Å². The Morgan fingerprint density at radius 2 is 1.39 bits per heavy atom. The Labute approximate surface area is 170 Å². The van der Waals surface area contributed by atoms with Crippen LogP contribution in [-0.4, -0.2) is 0 Å². The van der Waals surface area contributed by atoms with Gasteiger partial charge in [-0.1, -0.05) is 124 Å². The lowest BCUT2D eigenvalue weighted by molar-refractivity contribution is 0.931. The van der Waals surface area contributed by atoms with E-state index in [1.165, 1.54) is 33.4 Å². The maximum atomic E-state index is 4.08. The van der Waals surface area contributed by atoms with Crippen LogP contribution in [0.3, 0.4) is 0 Å². The number of aryl methyl sites for hydroxylation is 1. The van der Waals surface area contributed by atoms with Crippen molar-refractivity contribution in [3.05, 3.63) is 133 Å². The van der Waals surface area contributed by atoms with Crippen molar-refractivity contribution in [1.82, 2.24) is 0 Å². The number of hydrogen-bond acceptors (Lipinski definition) is 0. The summed E-state index contributed by atoms with van der Waals surface area (Å²) >= 11 is 0. The van der Waals surface area contributed by atoms with Crippen LogP contribution in [0.25, 0.3) is 11.1 Å². The average Bonchev–Trinajstić information content (AvgIpc) is 2.72. The van der Waals surface area contributed by atoms with E-state index >= 15 is 0 Å². The van der Waals surface area contributed by atoms with Crippen molar-refractivity contribution < 1.29 is 0 Å². The minimum atomic E-state index is 0.976. The molecule has 0 saturated carbocycles. The molecular weight excluding hydrogens is 336 g/mol. The summed E-state index contributed by atoms with van der Waals surface area (Å²) in [5, 5.41) is 0. The van der Waals surface area contributed by atoms with E-state index in [1.54, 1.807) is 0 Å². The molecule has 0 bridgehead atoms. The third-order valence-electron chi connectivity index (χ3n) is 4.62. The molecule has 0 amide bonds. The molecule has 0 N–H and O–H groups in total. The lowest BCUT2D eigenvalue weighted by Crippen LogP contribution is -1.99. The minimum Gasteiger partial charge on any atom is -0.0991 e. The topological polar surface area (TPSA) is 0 Å². The molecule has 0 nitrogen and oxygen atoms in total. The van der Waals surface area contributed by atoms with Gasteiger partial charge in [0.2, 0.25) is 0 Å². The van der Waals surface area contributed by atoms with Crippen molar-refractivity contribution in [1.29, 1.82) is 0 Å². The highest BCUT2D eigenvalue weighted by Gasteiger charge is 2.17. The molecule has 0 heterocycles. The molecule has 0 aliphatic rings. The summed E-state index contributed by atoms with van der Waals surface area (Å²) in [6.07, 6.45) is 11.8. The Bertz CT molecular complexity index is 900. The van der Waals surface area contributed by atoms with Gasteiger partial charge in [0.1, 0.15) is 0 Å².